The monoisotopic (exact) mass is 332 g/mol. The highest BCUT2D eigenvalue weighted by Gasteiger charge is 2.13. The Morgan fingerprint density at radius 1 is 1.29 bits per heavy atom. The van der Waals surface area contributed by atoms with E-state index in [-0.39, 0.29) is 12.6 Å². The molecule has 0 aliphatic heterocycles. The van der Waals surface area contributed by atoms with Gasteiger partial charge in [-0.1, -0.05) is 50.4 Å². The van der Waals surface area contributed by atoms with Crippen molar-refractivity contribution < 1.29 is 14.3 Å². The summed E-state index contributed by atoms with van der Waals surface area (Å²) in [6.45, 7) is 6.71. The van der Waals surface area contributed by atoms with Crippen molar-refractivity contribution in [1.82, 2.24) is 0 Å². The van der Waals surface area contributed by atoms with Gasteiger partial charge in [0.05, 0.1) is 11.6 Å². The van der Waals surface area contributed by atoms with Crippen LogP contribution in [0.1, 0.15) is 33.6 Å². The fourth-order valence-corrected chi connectivity index (χ4v) is 2.46. The van der Waals surface area contributed by atoms with Gasteiger partial charge in [-0.25, -0.2) is 4.79 Å². The van der Waals surface area contributed by atoms with Crippen LogP contribution in [0.4, 0.5) is 0 Å². The van der Waals surface area contributed by atoms with E-state index in [4.69, 9.17) is 32.7 Å². The fourth-order valence-electron chi connectivity index (χ4n) is 2.00. The van der Waals surface area contributed by atoms with Gasteiger partial charge in [-0.15, -0.1) is 0 Å². The summed E-state index contributed by atoms with van der Waals surface area (Å²) in [5.74, 6) is 1.03. The first-order chi connectivity index (χ1) is 9.92. The molecule has 118 valence electrons. The maximum Gasteiger partial charge on any atom is 0.344 e. The second-order valence-electron chi connectivity index (χ2n) is 5.45. The molecule has 0 saturated carbocycles. The molecule has 0 bridgehead atoms. The number of hydrogen-bond donors (Lipinski definition) is 0. The largest absolute Gasteiger partial charge is 0.480 e. The molecular weight excluding hydrogens is 311 g/mol. The molecule has 0 heterocycles. The predicted octanol–water partition coefficient (Wildman–Crippen LogP) is 4.99. The predicted molar refractivity (Wildman–Crippen MR) is 86.2 cm³/mol. The number of halogens is 2. The van der Waals surface area contributed by atoms with Gasteiger partial charge in [0.2, 0.25) is 0 Å². The third-order valence-electron chi connectivity index (χ3n) is 3.10. The standard InChI is InChI=1S/C16H22Cl2O3/c1-4-12(7-11(2)3)9-21-16(19)10-20-15-6-5-13(17)8-14(15)18/h5-6,8,11-12H,4,7,9-10H2,1-3H3/t12-/m1/s1. The van der Waals surface area contributed by atoms with Gasteiger partial charge in [-0.05, 0) is 36.5 Å². The van der Waals surface area contributed by atoms with Gasteiger partial charge in [0.1, 0.15) is 5.75 Å². The first-order valence-electron chi connectivity index (χ1n) is 7.15. The Labute approximate surface area is 136 Å². The van der Waals surface area contributed by atoms with Crippen LogP contribution in [0.25, 0.3) is 0 Å². The van der Waals surface area contributed by atoms with Gasteiger partial charge in [0, 0.05) is 5.02 Å². The van der Waals surface area contributed by atoms with E-state index in [1.165, 1.54) is 0 Å². The first kappa shape index (κ1) is 18.1. The van der Waals surface area contributed by atoms with E-state index in [2.05, 4.69) is 20.8 Å². The van der Waals surface area contributed by atoms with Crippen LogP contribution in [-0.2, 0) is 9.53 Å². The van der Waals surface area contributed by atoms with Crippen molar-refractivity contribution in [2.75, 3.05) is 13.2 Å². The van der Waals surface area contributed by atoms with Crippen LogP contribution < -0.4 is 4.74 Å². The molecule has 1 aromatic carbocycles. The van der Waals surface area contributed by atoms with E-state index < -0.39 is 0 Å². The molecule has 0 unspecified atom stereocenters. The minimum absolute atomic E-state index is 0.153. The maximum atomic E-state index is 11.7. The van der Waals surface area contributed by atoms with Crippen LogP contribution in [-0.4, -0.2) is 19.2 Å². The number of carbonyl (C=O) groups excluding carboxylic acids is 1. The Balaban J connectivity index is 2.36. The highest BCUT2D eigenvalue weighted by molar-refractivity contribution is 6.35. The molecule has 0 aromatic heterocycles. The SMILES string of the molecule is CC[C@@H](COC(=O)COc1ccc(Cl)cc1Cl)CC(C)C. The summed E-state index contributed by atoms with van der Waals surface area (Å²) < 4.78 is 10.6. The molecule has 0 amide bonds. The normalized spacial score (nSPS) is 12.3. The van der Waals surface area contributed by atoms with Crippen molar-refractivity contribution in [2.45, 2.75) is 33.6 Å². The summed E-state index contributed by atoms with van der Waals surface area (Å²) in [6.07, 6.45) is 2.04. The Bertz CT molecular complexity index is 461. The van der Waals surface area contributed by atoms with Gasteiger partial charge in [0.15, 0.2) is 6.61 Å². The number of benzene rings is 1. The van der Waals surface area contributed by atoms with E-state index in [1.807, 2.05) is 0 Å². The van der Waals surface area contributed by atoms with E-state index in [0.717, 1.165) is 12.8 Å². The fraction of sp³-hybridized carbons (Fsp3) is 0.562. The summed E-state index contributed by atoms with van der Waals surface area (Å²) in [5.41, 5.74) is 0. The lowest BCUT2D eigenvalue weighted by molar-refractivity contribution is -0.147. The number of rotatable bonds is 8. The second kappa shape index (κ2) is 9.16. The zero-order chi connectivity index (χ0) is 15.8. The summed E-state index contributed by atoms with van der Waals surface area (Å²) in [6, 6.07) is 4.86. The molecule has 0 aliphatic rings. The third-order valence-corrected chi connectivity index (χ3v) is 3.63. The summed E-state index contributed by atoms with van der Waals surface area (Å²) >= 11 is 11.7. The Morgan fingerprint density at radius 2 is 2.00 bits per heavy atom. The molecule has 0 N–H and O–H groups in total. The first-order valence-corrected chi connectivity index (χ1v) is 7.91. The molecule has 0 aliphatic carbocycles. The van der Waals surface area contributed by atoms with Crippen LogP contribution in [0.15, 0.2) is 18.2 Å². The van der Waals surface area contributed by atoms with Crippen LogP contribution >= 0.6 is 23.2 Å². The maximum absolute atomic E-state index is 11.7. The topological polar surface area (TPSA) is 35.5 Å². The highest BCUT2D eigenvalue weighted by atomic mass is 35.5. The van der Waals surface area contributed by atoms with E-state index >= 15 is 0 Å². The number of ether oxygens (including phenoxy) is 2. The molecule has 0 saturated heterocycles. The van der Waals surface area contributed by atoms with Gasteiger partial charge in [-0.3, -0.25) is 0 Å². The Kier molecular flexibility index (Phi) is 7.91. The Hall–Kier alpha value is -0.930. The molecule has 1 rings (SSSR count). The van der Waals surface area contributed by atoms with E-state index in [1.54, 1.807) is 18.2 Å². The lowest BCUT2D eigenvalue weighted by Crippen LogP contribution is -2.20. The Morgan fingerprint density at radius 3 is 2.57 bits per heavy atom. The van der Waals surface area contributed by atoms with Crippen molar-refractivity contribution in [1.29, 1.82) is 0 Å². The van der Waals surface area contributed by atoms with Crippen LogP contribution in [0.3, 0.4) is 0 Å². The van der Waals surface area contributed by atoms with Crippen molar-refractivity contribution >= 4 is 29.2 Å². The van der Waals surface area contributed by atoms with Gasteiger partial charge in [0.25, 0.3) is 0 Å². The molecule has 1 aromatic rings. The summed E-state index contributed by atoms with van der Waals surface area (Å²) in [7, 11) is 0. The lowest BCUT2D eigenvalue weighted by Gasteiger charge is -2.17. The van der Waals surface area contributed by atoms with Crippen molar-refractivity contribution in [3.63, 3.8) is 0 Å². The van der Waals surface area contributed by atoms with Gasteiger partial charge >= 0.3 is 5.97 Å². The van der Waals surface area contributed by atoms with Crippen molar-refractivity contribution in [2.24, 2.45) is 11.8 Å². The molecule has 0 fully saturated rings. The molecule has 3 nitrogen and oxygen atoms in total. The van der Waals surface area contributed by atoms with Gasteiger partial charge in [-0.2, -0.15) is 0 Å². The molecule has 21 heavy (non-hydrogen) atoms. The quantitative estimate of drug-likeness (QED) is 0.629. The molecule has 1 atom stereocenters. The van der Waals surface area contributed by atoms with E-state index in [9.17, 15) is 4.79 Å². The molecule has 0 radical (unpaired) electrons. The zero-order valence-corrected chi connectivity index (χ0v) is 14.2. The van der Waals surface area contributed by atoms with Crippen LogP contribution in [0, 0.1) is 11.8 Å². The third kappa shape index (κ3) is 7.05. The summed E-state index contributed by atoms with van der Waals surface area (Å²) in [4.78, 5) is 11.7. The smallest absolute Gasteiger partial charge is 0.344 e. The molecule has 0 spiro atoms. The molecule has 5 heteroatoms. The number of esters is 1. The van der Waals surface area contributed by atoms with Crippen LogP contribution in [0.5, 0.6) is 5.75 Å². The average Bonchev–Trinajstić information content (AvgIpc) is 2.42. The zero-order valence-electron chi connectivity index (χ0n) is 12.7. The second-order valence-corrected chi connectivity index (χ2v) is 6.29. The molecular formula is C16H22Cl2O3. The summed E-state index contributed by atoms with van der Waals surface area (Å²) in [5, 5.41) is 0.899. The lowest BCUT2D eigenvalue weighted by atomic mass is 9.96. The number of hydrogen-bond acceptors (Lipinski definition) is 3. The van der Waals surface area contributed by atoms with E-state index in [0.29, 0.717) is 34.2 Å². The minimum atomic E-state index is -0.386. The van der Waals surface area contributed by atoms with Crippen LogP contribution in [0.2, 0.25) is 10.0 Å². The van der Waals surface area contributed by atoms with Crippen molar-refractivity contribution in [3.8, 4) is 5.75 Å². The highest BCUT2D eigenvalue weighted by Crippen LogP contribution is 2.27. The minimum Gasteiger partial charge on any atom is -0.480 e. The number of carbonyl (C=O) groups is 1. The van der Waals surface area contributed by atoms with Gasteiger partial charge < -0.3 is 9.47 Å². The van der Waals surface area contributed by atoms with Crippen molar-refractivity contribution in [3.05, 3.63) is 28.2 Å². The average molecular weight is 333 g/mol.